The number of nitro groups is 1. The summed E-state index contributed by atoms with van der Waals surface area (Å²) in [6.45, 7) is 0. The van der Waals surface area contributed by atoms with E-state index in [0.717, 1.165) is 5.56 Å². The number of H-pyrrole nitrogens is 1. The third-order valence-corrected chi connectivity index (χ3v) is 3.92. The third-order valence-electron chi connectivity index (χ3n) is 3.92. The molecule has 0 spiro atoms. The van der Waals surface area contributed by atoms with Crippen molar-refractivity contribution < 1.29 is 19.6 Å². The van der Waals surface area contributed by atoms with E-state index in [4.69, 9.17) is 9.84 Å². The number of benzene rings is 2. The van der Waals surface area contributed by atoms with Gasteiger partial charge in [-0.15, -0.1) is 0 Å². The van der Waals surface area contributed by atoms with Crippen molar-refractivity contribution in [3.63, 3.8) is 0 Å². The van der Waals surface area contributed by atoms with Crippen molar-refractivity contribution in [2.75, 3.05) is 7.11 Å². The lowest BCUT2D eigenvalue weighted by Crippen LogP contribution is -2.29. The molecule has 0 aliphatic heterocycles. The third kappa shape index (κ3) is 3.72. The van der Waals surface area contributed by atoms with Gasteiger partial charge in [0.25, 0.3) is 5.69 Å². The highest BCUT2D eigenvalue weighted by atomic mass is 16.6. The Hall–Kier alpha value is -3.62. The second kappa shape index (κ2) is 7.09. The van der Waals surface area contributed by atoms with E-state index in [1.165, 1.54) is 18.2 Å². The minimum absolute atomic E-state index is 0.0643. The normalized spacial score (nSPS) is 11.9. The van der Waals surface area contributed by atoms with Crippen LogP contribution in [0.1, 0.15) is 17.4 Å². The van der Waals surface area contributed by atoms with Gasteiger partial charge in [-0.3, -0.25) is 10.1 Å². The number of rotatable bonds is 6. The Kier molecular flexibility index (Phi) is 4.70. The fraction of sp³-hybridized carbons (Fsp3) is 0.176. The number of imidazole rings is 1. The molecule has 3 rings (SSSR count). The largest absolute Gasteiger partial charge is 0.497 e. The summed E-state index contributed by atoms with van der Waals surface area (Å²) in [7, 11) is 1.57. The fourth-order valence-corrected chi connectivity index (χ4v) is 2.66. The zero-order valence-electron chi connectivity index (χ0n) is 13.8. The number of aromatic amines is 1. The fourth-order valence-electron chi connectivity index (χ4n) is 2.66. The summed E-state index contributed by atoms with van der Waals surface area (Å²) >= 11 is 0. The van der Waals surface area contributed by atoms with E-state index in [1.54, 1.807) is 19.2 Å². The van der Waals surface area contributed by atoms with Crippen molar-refractivity contribution in [2.24, 2.45) is 0 Å². The molecule has 9 nitrogen and oxygen atoms in total. The van der Waals surface area contributed by atoms with Gasteiger partial charge in [-0.05, 0) is 23.8 Å². The number of methoxy groups -OCH3 is 1. The number of hydrogen-bond donors (Lipinski definition) is 3. The SMILES string of the molecule is COc1ccc(CC(NC(=O)O)c2nc3ccc([N+](=O)[O-])cc3[nH]2)cc1. The molecule has 9 heteroatoms. The van der Waals surface area contributed by atoms with Crippen LogP contribution in [0, 0.1) is 10.1 Å². The molecule has 0 aliphatic carbocycles. The topological polar surface area (TPSA) is 130 Å². The van der Waals surface area contributed by atoms with Gasteiger partial charge in [0.2, 0.25) is 0 Å². The van der Waals surface area contributed by atoms with E-state index in [-0.39, 0.29) is 5.69 Å². The predicted octanol–water partition coefficient (Wildman–Crippen LogP) is 3.03. The maximum atomic E-state index is 11.2. The van der Waals surface area contributed by atoms with Gasteiger partial charge in [0, 0.05) is 18.6 Å². The molecule has 0 bridgehead atoms. The molecule has 3 N–H and O–H groups in total. The average Bonchev–Trinajstić information content (AvgIpc) is 3.04. The van der Waals surface area contributed by atoms with E-state index in [2.05, 4.69) is 15.3 Å². The molecule has 1 aromatic heterocycles. The molecule has 0 saturated carbocycles. The van der Waals surface area contributed by atoms with E-state index < -0.39 is 17.1 Å². The summed E-state index contributed by atoms with van der Waals surface area (Å²) < 4.78 is 5.11. The van der Waals surface area contributed by atoms with Gasteiger partial charge in [0.15, 0.2) is 0 Å². The maximum Gasteiger partial charge on any atom is 0.405 e. The lowest BCUT2D eigenvalue weighted by molar-refractivity contribution is -0.384. The van der Waals surface area contributed by atoms with Crippen LogP contribution in [0.5, 0.6) is 5.75 Å². The van der Waals surface area contributed by atoms with Crippen LogP contribution in [-0.2, 0) is 6.42 Å². The van der Waals surface area contributed by atoms with Crippen LogP contribution in [0.4, 0.5) is 10.5 Å². The van der Waals surface area contributed by atoms with Crippen molar-refractivity contribution in [3.8, 4) is 5.75 Å². The van der Waals surface area contributed by atoms with Crippen LogP contribution in [-0.4, -0.2) is 33.2 Å². The predicted molar refractivity (Wildman–Crippen MR) is 93.3 cm³/mol. The molecular formula is C17H16N4O5. The Morgan fingerprint density at radius 2 is 2.08 bits per heavy atom. The maximum absolute atomic E-state index is 11.2. The number of non-ortho nitro benzene ring substituents is 1. The molecule has 1 atom stereocenters. The second-order valence-corrected chi connectivity index (χ2v) is 5.63. The Bertz CT molecular complexity index is 951. The lowest BCUT2D eigenvalue weighted by atomic mass is 10.1. The lowest BCUT2D eigenvalue weighted by Gasteiger charge is -2.15. The first-order valence-corrected chi connectivity index (χ1v) is 7.72. The first-order valence-electron chi connectivity index (χ1n) is 7.72. The molecule has 0 fully saturated rings. The number of aromatic nitrogens is 2. The summed E-state index contributed by atoms with van der Waals surface area (Å²) in [5.74, 6) is 1.09. The molecule has 1 heterocycles. The number of amides is 1. The van der Waals surface area contributed by atoms with E-state index >= 15 is 0 Å². The van der Waals surface area contributed by atoms with Crippen LogP contribution in [0.3, 0.4) is 0 Å². The van der Waals surface area contributed by atoms with E-state index in [9.17, 15) is 14.9 Å². The summed E-state index contributed by atoms with van der Waals surface area (Å²) in [6.07, 6.45) is -0.826. The average molecular weight is 356 g/mol. The summed E-state index contributed by atoms with van der Waals surface area (Å²) in [4.78, 5) is 28.9. The van der Waals surface area contributed by atoms with Crippen molar-refractivity contribution in [1.82, 2.24) is 15.3 Å². The van der Waals surface area contributed by atoms with Crippen molar-refractivity contribution in [2.45, 2.75) is 12.5 Å². The smallest absolute Gasteiger partial charge is 0.405 e. The van der Waals surface area contributed by atoms with Crippen molar-refractivity contribution >= 4 is 22.8 Å². The van der Waals surface area contributed by atoms with Gasteiger partial charge in [-0.25, -0.2) is 9.78 Å². The molecule has 0 saturated heterocycles. The monoisotopic (exact) mass is 356 g/mol. The number of nitrogens with one attached hydrogen (secondary N) is 2. The summed E-state index contributed by atoms with van der Waals surface area (Å²) in [5, 5.41) is 22.5. The van der Waals surface area contributed by atoms with Crippen molar-refractivity contribution in [3.05, 3.63) is 64.0 Å². The van der Waals surface area contributed by atoms with Gasteiger partial charge in [-0.1, -0.05) is 12.1 Å². The minimum Gasteiger partial charge on any atom is -0.497 e. The van der Waals surface area contributed by atoms with Crippen LogP contribution in [0.2, 0.25) is 0 Å². The Morgan fingerprint density at radius 1 is 1.35 bits per heavy atom. The van der Waals surface area contributed by atoms with Crippen LogP contribution in [0.15, 0.2) is 42.5 Å². The van der Waals surface area contributed by atoms with Gasteiger partial charge >= 0.3 is 6.09 Å². The number of hydrogen-bond acceptors (Lipinski definition) is 5. The number of fused-ring (bicyclic) bond motifs is 1. The molecule has 134 valence electrons. The first-order chi connectivity index (χ1) is 12.5. The van der Waals surface area contributed by atoms with Gasteiger partial charge in [0.05, 0.1) is 29.1 Å². The Balaban J connectivity index is 1.92. The second-order valence-electron chi connectivity index (χ2n) is 5.63. The standard InChI is InChI=1S/C17H16N4O5/c1-26-12-5-2-10(3-6-12)8-15(20-17(22)23)16-18-13-7-4-11(21(24)25)9-14(13)19-16/h2-7,9,15,20H,8H2,1H3,(H,18,19)(H,22,23). The molecule has 26 heavy (non-hydrogen) atoms. The quantitative estimate of drug-likeness (QED) is 0.460. The van der Waals surface area contributed by atoms with E-state index in [1.807, 2.05) is 12.1 Å². The minimum atomic E-state index is -1.19. The molecule has 0 aliphatic rings. The van der Waals surface area contributed by atoms with Gasteiger partial charge in [0.1, 0.15) is 11.6 Å². The zero-order valence-corrected chi connectivity index (χ0v) is 13.8. The van der Waals surface area contributed by atoms with Crippen molar-refractivity contribution in [1.29, 1.82) is 0 Å². The Labute approximate surface area is 147 Å². The molecule has 1 unspecified atom stereocenters. The number of ether oxygens (including phenoxy) is 1. The van der Waals surface area contributed by atoms with E-state index in [0.29, 0.717) is 29.0 Å². The molecule has 3 aromatic rings. The number of carbonyl (C=O) groups is 1. The highest BCUT2D eigenvalue weighted by Gasteiger charge is 2.20. The van der Waals surface area contributed by atoms with Crippen LogP contribution in [0.25, 0.3) is 11.0 Å². The first kappa shape index (κ1) is 17.2. The van der Waals surface area contributed by atoms with Gasteiger partial charge in [-0.2, -0.15) is 0 Å². The molecule has 1 amide bonds. The summed E-state index contributed by atoms with van der Waals surface area (Å²) in [6, 6.07) is 10.9. The number of carboxylic acid groups (broad SMARTS) is 1. The number of nitro benzene ring substituents is 1. The van der Waals surface area contributed by atoms with Gasteiger partial charge < -0.3 is 20.1 Å². The highest BCUT2D eigenvalue weighted by Crippen LogP contribution is 2.24. The highest BCUT2D eigenvalue weighted by molar-refractivity contribution is 5.78. The molecule has 0 radical (unpaired) electrons. The van der Waals surface area contributed by atoms with Crippen LogP contribution < -0.4 is 10.1 Å². The Morgan fingerprint density at radius 3 is 2.69 bits per heavy atom. The molecule has 2 aromatic carbocycles. The summed E-state index contributed by atoms with van der Waals surface area (Å²) in [5.41, 5.74) is 1.82. The van der Waals surface area contributed by atoms with Crippen LogP contribution >= 0.6 is 0 Å². The number of nitrogens with zero attached hydrogens (tertiary/aromatic N) is 2. The zero-order chi connectivity index (χ0) is 18.7. The molecular weight excluding hydrogens is 340 g/mol.